The molecule has 40 heavy (non-hydrogen) atoms. The fraction of sp³-hybridized carbons (Fsp3) is 0.267. The number of aliphatic imine (C=N–C) groups is 1. The van der Waals surface area contributed by atoms with Crippen molar-refractivity contribution >= 4 is 28.3 Å². The Morgan fingerprint density at radius 2 is 1.88 bits per heavy atom. The first kappa shape index (κ1) is 25.8. The van der Waals surface area contributed by atoms with E-state index in [0.29, 0.717) is 53.1 Å². The summed E-state index contributed by atoms with van der Waals surface area (Å²) in [7, 11) is 0. The van der Waals surface area contributed by atoms with Gasteiger partial charge in [0.15, 0.2) is 0 Å². The molecule has 204 valence electrons. The molecule has 6 rings (SSSR count). The summed E-state index contributed by atoms with van der Waals surface area (Å²) < 4.78 is 20.3. The van der Waals surface area contributed by atoms with Gasteiger partial charge in [-0.2, -0.15) is 5.10 Å². The van der Waals surface area contributed by atoms with Crippen molar-refractivity contribution in [2.45, 2.75) is 12.8 Å². The average Bonchev–Trinajstić information content (AvgIpc) is 3.37. The van der Waals surface area contributed by atoms with Gasteiger partial charge in [0.1, 0.15) is 11.7 Å². The second kappa shape index (κ2) is 11.4. The molecule has 0 saturated carbocycles. The van der Waals surface area contributed by atoms with E-state index < -0.39 is 0 Å². The molecule has 3 aromatic carbocycles. The molecule has 0 spiro atoms. The Bertz CT molecular complexity index is 1660. The molecule has 2 aliphatic rings. The number of H-pyrrole nitrogens is 1. The second-order valence-corrected chi connectivity index (χ2v) is 9.95. The zero-order valence-electron chi connectivity index (χ0n) is 21.9. The number of halogens is 1. The predicted molar refractivity (Wildman–Crippen MR) is 152 cm³/mol. The molecular weight excluding hydrogens is 511 g/mol. The number of urea groups is 1. The Labute approximate surface area is 230 Å². The smallest absolute Gasteiger partial charge is 0.320 e. The van der Waals surface area contributed by atoms with Crippen LogP contribution in [0, 0.1) is 5.82 Å². The van der Waals surface area contributed by atoms with Crippen molar-refractivity contribution in [1.82, 2.24) is 25.7 Å². The molecule has 2 aliphatic heterocycles. The quantitative estimate of drug-likeness (QED) is 0.347. The maximum absolute atomic E-state index is 15.0. The Morgan fingerprint density at radius 1 is 1.05 bits per heavy atom. The van der Waals surface area contributed by atoms with Gasteiger partial charge >= 0.3 is 6.03 Å². The van der Waals surface area contributed by atoms with E-state index in [1.807, 2.05) is 36.4 Å². The lowest BCUT2D eigenvalue weighted by atomic mass is 9.97. The van der Waals surface area contributed by atoms with Crippen LogP contribution in [0.1, 0.15) is 16.8 Å². The molecule has 10 heteroatoms. The molecule has 0 unspecified atom stereocenters. The number of aromatic amines is 1. The normalized spacial score (nSPS) is 15.1. The summed E-state index contributed by atoms with van der Waals surface area (Å²) in [5.74, 6) is 0.212. The molecule has 0 aliphatic carbocycles. The molecule has 3 heterocycles. The van der Waals surface area contributed by atoms with Gasteiger partial charge < -0.3 is 10.1 Å². The molecule has 1 aromatic heterocycles. The van der Waals surface area contributed by atoms with E-state index >= 15 is 0 Å². The van der Waals surface area contributed by atoms with Crippen LogP contribution < -0.4 is 16.2 Å². The number of morpholine rings is 1. The topological polar surface area (TPSA) is 112 Å². The van der Waals surface area contributed by atoms with Gasteiger partial charge in [-0.3, -0.25) is 15.0 Å². The Kier molecular flexibility index (Phi) is 7.35. The number of benzene rings is 3. The molecule has 2 amide bonds. The van der Waals surface area contributed by atoms with E-state index in [-0.39, 0.29) is 17.4 Å². The van der Waals surface area contributed by atoms with Crippen LogP contribution in [0.2, 0.25) is 0 Å². The van der Waals surface area contributed by atoms with Crippen LogP contribution in [-0.4, -0.2) is 66.4 Å². The monoisotopic (exact) mass is 540 g/mol. The lowest BCUT2D eigenvalue weighted by Gasteiger charge is -2.26. The maximum Gasteiger partial charge on any atom is 0.320 e. The van der Waals surface area contributed by atoms with Gasteiger partial charge in [0.25, 0.3) is 5.56 Å². The summed E-state index contributed by atoms with van der Waals surface area (Å²) >= 11 is 0. The van der Waals surface area contributed by atoms with E-state index in [2.05, 4.69) is 30.7 Å². The molecule has 0 radical (unpaired) electrons. The highest BCUT2D eigenvalue weighted by Crippen LogP contribution is 2.33. The molecule has 0 bridgehead atoms. The predicted octanol–water partition coefficient (Wildman–Crippen LogP) is 3.54. The summed E-state index contributed by atoms with van der Waals surface area (Å²) in [6.45, 7) is 4.50. The third-order valence-electron chi connectivity index (χ3n) is 7.26. The molecule has 0 atom stereocenters. The first-order chi connectivity index (χ1) is 19.5. The third-order valence-corrected chi connectivity index (χ3v) is 7.26. The Balaban J connectivity index is 1.15. The van der Waals surface area contributed by atoms with Gasteiger partial charge in [0, 0.05) is 50.0 Å². The molecule has 1 fully saturated rings. The number of rotatable bonds is 6. The van der Waals surface area contributed by atoms with Crippen LogP contribution in [0.5, 0.6) is 0 Å². The van der Waals surface area contributed by atoms with Crippen LogP contribution in [0.25, 0.3) is 21.9 Å². The Hall–Kier alpha value is -4.41. The van der Waals surface area contributed by atoms with Crippen LogP contribution in [0.4, 0.5) is 14.9 Å². The average molecular weight is 541 g/mol. The summed E-state index contributed by atoms with van der Waals surface area (Å²) in [6, 6.07) is 17.6. The molecule has 4 aromatic rings. The Morgan fingerprint density at radius 3 is 2.73 bits per heavy atom. The lowest BCUT2D eigenvalue weighted by Crippen LogP contribution is -2.45. The number of hydrogen-bond acceptors (Lipinski definition) is 6. The van der Waals surface area contributed by atoms with Gasteiger partial charge in [-0.15, -0.1) is 0 Å². The third kappa shape index (κ3) is 5.63. The van der Waals surface area contributed by atoms with E-state index in [9.17, 15) is 14.0 Å². The minimum atomic E-state index is -0.344. The number of amidine groups is 1. The van der Waals surface area contributed by atoms with E-state index in [1.54, 1.807) is 18.2 Å². The highest BCUT2D eigenvalue weighted by Gasteiger charge is 2.19. The van der Waals surface area contributed by atoms with E-state index in [1.165, 1.54) is 6.07 Å². The summed E-state index contributed by atoms with van der Waals surface area (Å²) in [6.07, 6.45) is 0.933. The number of ether oxygens (including phenoxy) is 1. The van der Waals surface area contributed by atoms with Gasteiger partial charge in [0.2, 0.25) is 0 Å². The second-order valence-electron chi connectivity index (χ2n) is 9.95. The van der Waals surface area contributed by atoms with Crippen molar-refractivity contribution in [2.75, 3.05) is 39.4 Å². The zero-order valence-corrected chi connectivity index (χ0v) is 21.9. The summed E-state index contributed by atoms with van der Waals surface area (Å²) in [4.78, 5) is 31.4. The summed E-state index contributed by atoms with van der Waals surface area (Å²) in [5, 5.41) is 13.9. The first-order valence-electron chi connectivity index (χ1n) is 13.3. The van der Waals surface area contributed by atoms with Crippen molar-refractivity contribution in [3.8, 4) is 11.1 Å². The highest BCUT2D eigenvalue weighted by atomic mass is 19.1. The molecular formula is C30H29FN6O3. The fourth-order valence-electron chi connectivity index (χ4n) is 5.15. The van der Waals surface area contributed by atoms with Crippen LogP contribution in [-0.2, 0) is 17.6 Å². The molecule has 1 saturated heterocycles. The largest absolute Gasteiger partial charge is 0.379 e. The van der Waals surface area contributed by atoms with Crippen molar-refractivity contribution < 1.29 is 13.9 Å². The van der Waals surface area contributed by atoms with Crippen molar-refractivity contribution in [3.63, 3.8) is 0 Å². The highest BCUT2D eigenvalue weighted by molar-refractivity contribution is 6.02. The SMILES string of the molecule is O=C(NCCN1CCOCC1)NC1=Nc2cc(-c3cc(Cc4n[nH]c(=O)c5ccccc45)ccc3F)ccc2C1. The first-order valence-corrected chi connectivity index (χ1v) is 13.3. The summed E-state index contributed by atoms with van der Waals surface area (Å²) in [5.41, 5.74) is 4.15. The van der Waals surface area contributed by atoms with Gasteiger partial charge in [-0.1, -0.05) is 36.4 Å². The van der Waals surface area contributed by atoms with Crippen molar-refractivity contribution in [3.05, 3.63) is 93.7 Å². The van der Waals surface area contributed by atoms with E-state index in [4.69, 9.17) is 4.74 Å². The zero-order chi connectivity index (χ0) is 27.5. The lowest BCUT2D eigenvalue weighted by molar-refractivity contribution is 0.0387. The van der Waals surface area contributed by atoms with Gasteiger partial charge in [-0.05, 0) is 41.0 Å². The number of aromatic nitrogens is 2. The standard InChI is InChI=1S/C30H29FN6O3/c31-25-8-5-19(16-27-22-3-1-2-4-23(22)29(38)36-35-27)15-24(25)20-6-7-21-18-28(33-26(21)17-20)34-30(39)32-9-10-37-11-13-40-14-12-37/h1-8,15,17H,9-14,16,18H2,(H,36,38)(H2,32,33,34,39). The van der Waals surface area contributed by atoms with Crippen LogP contribution >= 0.6 is 0 Å². The van der Waals surface area contributed by atoms with Crippen molar-refractivity contribution in [2.24, 2.45) is 4.99 Å². The number of carbonyl (C=O) groups is 1. The maximum atomic E-state index is 15.0. The van der Waals surface area contributed by atoms with Crippen LogP contribution in [0.3, 0.4) is 0 Å². The fourth-order valence-corrected chi connectivity index (χ4v) is 5.15. The van der Waals surface area contributed by atoms with Crippen molar-refractivity contribution in [1.29, 1.82) is 0 Å². The van der Waals surface area contributed by atoms with E-state index in [0.717, 1.165) is 49.4 Å². The van der Waals surface area contributed by atoms with Gasteiger partial charge in [0.05, 0.1) is 30.0 Å². The van der Waals surface area contributed by atoms with Crippen LogP contribution in [0.15, 0.2) is 70.5 Å². The number of amides is 2. The molecule has 3 N–H and O–H groups in total. The number of fused-ring (bicyclic) bond motifs is 2. The number of carbonyl (C=O) groups excluding carboxylic acids is 1. The minimum Gasteiger partial charge on any atom is -0.379 e. The number of hydrogen-bond donors (Lipinski definition) is 3. The minimum absolute atomic E-state index is 0.239. The number of nitrogens with one attached hydrogen (secondary N) is 3. The number of nitrogens with zero attached hydrogens (tertiary/aromatic N) is 3. The van der Waals surface area contributed by atoms with Gasteiger partial charge in [-0.25, -0.2) is 19.3 Å². The molecule has 9 nitrogen and oxygen atoms in total.